The summed E-state index contributed by atoms with van der Waals surface area (Å²) in [4.78, 5) is 37.8. The molecular formula is C54H98O6. The van der Waals surface area contributed by atoms with Gasteiger partial charge in [-0.15, -0.1) is 0 Å². The van der Waals surface area contributed by atoms with E-state index in [-0.39, 0.29) is 31.1 Å². The number of carbonyl (C=O) groups excluding carboxylic acids is 3. The Morgan fingerprint density at radius 2 is 0.617 bits per heavy atom. The molecule has 0 heterocycles. The Morgan fingerprint density at radius 3 is 1.00 bits per heavy atom. The van der Waals surface area contributed by atoms with E-state index in [1.807, 2.05) is 0 Å². The topological polar surface area (TPSA) is 78.9 Å². The van der Waals surface area contributed by atoms with Crippen LogP contribution in [0, 0.1) is 0 Å². The standard InChI is InChI=1S/C54H98O6/c1-4-7-10-13-16-19-21-23-25-27-29-30-32-35-38-41-44-47-53(56)59-50-51(49-58-52(55)46-43-40-37-34-18-15-12-9-6-3)60-54(57)48-45-42-39-36-33-31-28-26-24-22-20-17-14-11-8-5-2/h23,25,29-30,35,38,51H,4-22,24,26-28,31-34,36-37,39-50H2,1-3H3/b25-23-,30-29-,38-35-. The van der Waals surface area contributed by atoms with Crippen molar-refractivity contribution in [2.45, 2.75) is 277 Å². The van der Waals surface area contributed by atoms with E-state index < -0.39 is 6.10 Å². The van der Waals surface area contributed by atoms with Crippen LogP contribution in [0.2, 0.25) is 0 Å². The molecule has 0 rings (SSSR count). The maximum Gasteiger partial charge on any atom is 0.306 e. The lowest BCUT2D eigenvalue weighted by Gasteiger charge is -2.18. The van der Waals surface area contributed by atoms with Crippen molar-refractivity contribution in [3.63, 3.8) is 0 Å². The molecule has 0 spiro atoms. The summed E-state index contributed by atoms with van der Waals surface area (Å²) in [5, 5.41) is 0. The summed E-state index contributed by atoms with van der Waals surface area (Å²) in [5.41, 5.74) is 0. The number of unbranched alkanes of at least 4 members (excludes halogenated alkanes) is 30. The molecule has 0 aromatic heterocycles. The summed E-state index contributed by atoms with van der Waals surface area (Å²) in [6.07, 6.45) is 57.1. The average Bonchev–Trinajstić information content (AvgIpc) is 3.24. The fourth-order valence-electron chi connectivity index (χ4n) is 7.46. The largest absolute Gasteiger partial charge is 0.462 e. The van der Waals surface area contributed by atoms with E-state index in [2.05, 4.69) is 57.2 Å². The minimum absolute atomic E-state index is 0.0839. The maximum atomic E-state index is 12.8. The van der Waals surface area contributed by atoms with Crippen LogP contribution in [0.1, 0.15) is 271 Å². The van der Waals surface area contributed by atoms with Crippen molar-refractivity contribution in [3.05, 3.63) is 36.5 Å². The van der Waals surface area contributed by atoms with Crippen LogP contribution in [0.5, 0.6) is 0 Å². The van der Waals surface area contributed by atoms with Crippen LogP contribution < -0.4 is 0 Å². The summed E-state index contributed by atoms with van der Waals surface area (Å²) in [7, 11) is 0. The molecule has 350 valence electrons. The van der Waals surface area contributed by atoms with Crippen LogP contribution in [0.15, 0.2) is 36.5 Å². The zero-order chi connectivity index (χ0) is 43.7. The molecule has 0 radical (unpaired) electrons. The van der Waals surface area contributed by atoms with Gasteiger partial charge in [0.2, 0.25) is 0 Å². The van der Waals surface area contributed by atoms with E-state index in [1.54, 1.807) is 0 Å². The van der Waals surface area contributed by atoms with Crippen LogP contribution in [-0.2, 0) is 28.6 Å². The highest BCUT2D eigenvalue weighted by Crippen LogP contribution is 2.16. The molecule has 0 aromatic rings. The van der Waals surface area contributed by atoms with Crippen molar-refractivity contribution in [2.24, 2.45) is 0 Å². The first-order valence-electron chi connectivity index (χ1n) is 26.0. The molecule has 60 heavy (non-hydrogen) atoms. The van der Waals surface area contributed by atoms with E-state index in [9.17, 15) is 14.4 Å². The smallest absolute Gasteiger partial charge is 0.306 e. The highest BCUT2D eigenvalue weighted by molar-refractivity contribution is 5.71. The van der Waals surface area contributed by atoms with E-state index in [0.29, 0.717) is 25.7 Å². The van der Waals surface area contributed by atoms with Crippen LogP contribution in [0.25, 0.3) is 0 Å². The molecule has 6 heteroatoms. The summed E-state index contributed by atoms with van der Waals surface area (Å²) >= 11 is 0. The normalized spacial score (nSPS) is 12.2. The minimum Gasteiger partial charge on any atom is -0.462 e. The van der Waals surface area contributed by atoms with Crippen molar-refractivity contribution in [1.29, 1.82) is 0 Å². The molecule has 0 aliphatic rings. The van der Waals surface area contributed by atoms with Gasteiger partial charge in [-0.3, -0.25) is 14.4 Å². The second kappa shape index (κ2) is 49.3. The molecule has 0 N–H and O–H groups in total. The Morgan fingerprint density at radius 1 is 0.333 bits per heavy atom. The third-order valence-corrected chi connectivity index (χ3v) is 11.4. The Hall–Kier alpha value is -2.37. The predicted molar refractivity (Wildman–Crippen MR) is 256 cm³/mol. The molecular weight excluding hydrogens is 745 g/mol. The van der Waals surface area contributed by atoms with Gasteiger partial charge in [0.1, 0.15) is 13.2 Å². The Labute approximate surface area is 372 Å². The van der Waals surface area contributed by atoms with E-state index >= 15 is 0 Å². The van der Waals surface area contributed by atoms with Gasteiger partial charge in [-0.1, -0.05) is 237 Å². The van der Waals surface area contributed by atoms with Crippen LogP contribution in [-0.4, -0.2) is 37.2 Å². The molecule has 0 aromatic carbocycles. The van der Waals surface area contributed by atoms with Gasteiger partial charge in [-0.05, 0) is 51.4 Å². The van der Waals surface area contributed by atoms with E-state index in [1.165, 1.54) is 167 Å². The number of hydrogen-bond acceptors (Lipinski definition) is 6. The Bertz CT molecular complexity index is 1020. The maximum absolute atomic E-state index is 12.8. The number of carbonyl (C=O) groups is 3. The van der Waals surface area contributed by atoms with Crippen molar-refractivity contribution in [2.75, 3.05) is 13.2 Å². The third kappa shape index (κ3) is 46.7. The van der Waals surface area contributed by atoms with Crippen LogP contribution in [0.4, 0.5) is 0 Å². The number of ether oxygens (including phenoxy) is 3. The molecule has 0 saturated heterocycles. The van der Waals surface area contributed by atoms with Gasteiger partial charge in [0, 0.05) is 19.3 Å². The van der Waals surface area contributed by atoms with Gasteiger partial charge >= 0.3 is 17.9 Å². The lowest BCUT2D eigenvalue weighted by atomic mass is 10.0. The summed E-state index contributed by atoms with van der Waals surface area (Å²) < 4.78 is 16.7. The predicted octanol–water partition coefficient (Wildman–Crippen LogP) is 16.9. The fraction of sp³-hybridized carbons (Fsp3) is 0.833. The van der Waals surface area contributed by atoms with E-state index in [4.69, 9.17) is 14.2 Å². The van der Waals surface area contributed by atoms with Gasteiger partial charge in [0.05, 0.1) is 0 Å². The van der Waals surface area contributed by atoms with E-state index in [0.717, 1.165) is 57.8 Å². The minimum atomic E-state index is -0.786. The van der Waals surface area contributed by atoms with Crippen LogP contribution >= 0.6 is 0 Å². The van der Waals surface area contributed by atoms with Crippen LogP contribution in [0.3, 0.4) is 0 Å². The first-order valence-corrected chi connectivity index (χ1v) is 26.0. The monoisotopic (exact) mass is 843 g/mol. The summed E-state index contributed by atoms with van der Waals surface area (Å²) in [5.74, 6) is -0.930. The highest BCUT2D eigenvalue weighted by Gasteiger charge is 2.19. The van der Waals surface area contributed by atoms with Gasteiger partial charge in [0.15, 0.2) is 6.10 Å². The first-order chi connectivity index (χ1) is 29.5. The second-order valence-electron chi connectivity index (χ2n) is 17.4. The quantitative estimate of drug-likeness (QED) is 0.0263. The molecule has 1 unspecified atom stereocenters. The summed E-state index contributed by atoms with van der Waals surface area (Å²) in [6.45, 7) is 6.59. The number of allylic oxidation sites excluding steroid dienone is 6. The zero-order valence-corrected chi connectivity index (χ0v) is 40.0. The van der Waals surface area contributed by atoms with Gasteiger partial charge in [-0.25, -0.2) is 0 Å². The molecule has 0 saturated carbocycles. The molecule has 0 bridgehead atoms. The van der Waals surface area contributed by atoms with Crippen molar-refractivity contribution in [3.8, 4) is 0 Å². The Balaban J connectivity index is 4.37. The van der Waals surface area contributed by atoms with Gasteiger partial charge in [0.25, 0.3) is 0 Å². The number of hydrogen-bond donors (Lipinski definition) is 0. The number of esters is 3. The first kappa shape index (κ1) is 57.6. The highest BCUT2D eigenvalue weighted by atomic mass is 16.6. The molecule has 1 atom stereocenters. The molecule has 0 aliphatic heterocycles. The molecule has 0 aliphatic carbocycles. The van der Waals surface area contributed by atoms with Gasteiger partial charge < -0.3 is 14.2 Å². The van der Waals surface area contributed by atoms with Crippen molar-refractivity contribution < 1.29 is 28.6 Å². The summed E-state index contributed by atoms with van der Waals surface area (Å²) in [6, 6.07) is 0. The fourth-order valence-corrected chi connectivity index (χ4v) is 7.46. The molecule has 6 nitrogen and oxygen atoms in total. The van der Waals surface area contributed by atoms with Crippen molar-refractivity contribution >= 4 is 17.9 Å². The lowest BCUT2D eigenvalue weighted by Crippen LogP contribution is -2.30. The Kier molecular flexibility index (Phi) is 47.3. The lowest BCUT2D eigenvalue weighted by molar-refractivity contribution is -0.167. The average molecular weight is 843 g/mol. The van der Waals surface area contributed by atoms with Crippen molar-refractivity contribution in [1.82, 2.24) is 0 Å². The number of rotatable bonds is 47. The second-order valence-corrected chi connectivity index (χ2v) is 17.4. The molecule has 0 amide bonds. The van der Waals surface area contributed by atoms with Gasteiger partial charge in [-0.2, -0.15) is 0 Å². The third-order valence-electron chi connectivity index (χ3n) is 11.4. The zero-order valence-electron chi connectivity index (χ0n) is 40.0. The SMILES string of the molecule is CCCCCCCC/C=C\C/C=C\C/C=C\CCCC(=O)OCC(COC(=O)CCCCCCCCCCC)OC(=O)CCCCCCCCCCCCCCCCCC. The molecule has 0 fully saturated rings.